The summed E-state index contributed by atoms with van der Waals surface area (Å²) in [6.07, 6.45) is 3.28. The zero-order valence-electron chi connectivity index (χ0n) is 20.2. The van der Waals surface area contributed by atoms with E-state index >= 15 is 0 Å². The maximum Gasteiger partial charge on any atom is 0.230 e. The Hall–Kier alpha value is -2.08. The van der Waals surface area contributed by atoms with Crippen molar-refractivity contribution >= 4 is 35.0 Å². The Morgan fingerprint density at radius 1 is 1.09 bits per heavy atom. The van der Waals surface area contributed by atoms with Crippen molar-refractivity contribution in [2.75, 3.05) is 19.6 Å². The van der Waals surface area contributed by atoms with Crippen LogP contribution >= 0.6 is 23.2 Å². The number of nitrogens with one attached hydrogen (secondary N) is 2. The molecule has 0 spiro atoms. The second-order valence-corrected chi connectivity index (χ2v) is 10.2. The molecule has 0 aromatic heterocycles. The summed E-state index contributed by atoms with van der Waals surface area (Å²) >= 11 is 12.5. The van der Waals surface area contributed by atoms with E-state index in [1.165, 1.54) is 0 Å². The van der Waals surface area contributed by atoms with Crippen LogP contribution in [0.25, 0.3) is 0 Å². The van der Waals surface area contributed by atoms with E-state index in [2.05, 4.69) is 22.5 Å². The summed E-state index contributed by atoms with van der Waals surface area (Å²) in [6.45, 7) is 8.19. The lowest BCUT2D eigenvalue weighted by atomic mass is 9.77. The van der Waals surface area contributed by atoms with Crippen LogP contribution in [0.1, 0.15) is 63.6 Å². The highest BCUT2D eigenvalue weighted by molar-refractivity contribution is 6.42. The number of piperidine rings is 1. The Bertz CT molecular complexity index is 977. The van der Waals surface area contributed by atoms with Crippen LogP contribution in [0, 0.1) is 0 Å². The molecule has 5 nitrogen and oxygen atoms in total. The van der Waals surface area contributed by atoms with Crippen LogP contribution in [0.3, 0.4) is 0 Å². The molecule has 0 radical (unpaired) electrons. The number of likely N-dealkylation sites (tertiary alicyclic amines) is 1. The standard InChI is InChI=1S/C27H35Cl2N3O2/c1-4-25(20-8-6-5-7-9-20)31-26(34)27(3,21-10-11-23(28)24(29)18-21)14-17-32-15-12-22(13-16-32)30-19(2)33/h5-11,18,22,25H,4,12-17H2,1-3H3,(H,30,33)(H,31,34). The molecule has 2 N–H and O–H groups in total. The minimum Gasteiger partial charge on any atom is -0.354 e. The SMILES string of the molecule is CCC(NC(=O)C(C)(CCN1CCC(NC(C)=O)CC1)c1ccc(Cl)c(Cl)c1)c1ccccc1. The lowest BCUT2D eigenvalue weighted by Gasteiger charge is -2.36. The number of hydrogen-bond donors (Lipinski definition) is 2. The van der Waals surface area contributed by atoms with Gasteiger partial charge in [-0.15, -0.1) is 0 Å². The topological polar surface area (TPSA) is 61.4 Å². The van der Waals surface area contributed by atoms with Gasteiger partial charge in [0.25, 0.3) is 0 Å². The fraction of sp³-hybridized carbons (Fsp3) is 0.481. The van der Waals surface area contributed by atoms with E-state index in [4.69, 9.17) is 23.2 Å². The van der Waals surface area contributed by atoms with Gasteiger partial charge in [0.1, 0.15) is 0 Å². The van der Waals surface area contributed by atoms with Crippen molar-refractivity contribution in [1.82, 2.24) is 15.5 Å². The fourth-order valence-corrected chi connectivity index (χ4v) is 4.92. The minimum absolute atomic E-state index is 0.0188. The molecule has 1 saturated heterocycles. The number of carbonyl (C=O) groups excluding carboxylic acids is 2. The normalized spacial score (nSPS) is 17.6. The summed E-state index contributed by atoms with van der Waals surface area (Å²) < 4.78 is 0. The minimum atomic E-state index is -0.773. The molecule has 2 aromatic rings. The van der Waals surface area contributed by atoms with Crippen LogP contribution in [-0.4, -0.2) is 42.4 Å². The van der Waals surface area contributed by atoms with Gasteiger partial charge in [-0.05, 0) is 62.4 Å². The molecule has 1 aliphatic rings. The number of amides is 2. The molecule has 34 heavy (non-hydrogen) atoms. The molecule has 2 amide bonds. The first kappa shape index (κ1) is 26.5. The van der Waals surface area contributed by atoms with Crippen LogP contribution in [0.2, 0.25) is 10.0 Å². The first-order valence-electron chi connectivity index (χ1n) is 12.0. The van der Waals surface area contributed by atoms with E-state index in [1.54, 1.807) is 13.0 Å². The zero-order chi connectivity index (χ0) is 24.7. The summed E-state index contributed by atoms with van der Waals surface area (Å²) in [4.78, 5) is 27.5. The van der Waals surface area contributed by atoms with Crippen molar-refractivity contribution in [3.05, 3.63) is 69.7 Å². The number of halogens is 2. The lowest BCUT2D eigenvalue weighted by molar-refractivity contribution is -0.127. The number of hydrogen-bond acceptors (Lipinski definition) is 3. The Morgan fingerprint density at radius 2 is 1.76 bits per heavy atom. The molecule has 1 aliphatic heterocycles. The van der Waals surface area contributed by atoms with Crippen molar-refractivity contribution in [2.45, 2.75) is 64.0 Å². The molecule has 3 rings (SSSR count). The van der Waals surface area contributed by atoms with Crippen molar-refractivity contribution in [1.29, 1.82) is 0 Å². The van der Waals surface area contributed by atoms with E-state index in [0.29, 0.717) is 16.5 Å². The predicted molar refractivity (Wildman–Crippen MR) is 139 cm³/mol. The summed E-state index contributed by atoms with van der Waals surface area (Å²) in [6, 6.07) is 15.7. The third-order valence-corrected chi connectivity index (χ3v) is 7.64. The highest BCUT2D eigenvalue weighted by Gasteiger charge is 2.37. The van der Waals surface area contributed by atoms with Gasteiger partial charge in [0.15, 0.2) is 0 Å². The largest absolute Gasteiger partial charge is 0.354 e. The average molecular weight is 505 g/mol. The van der Waals surface area contributed by atoms with Crippen LogP contribution in [0.4, 0.5) is 0 Å². The monoisotopic (exact) mass is 503 g/mol. The summed E-state index contributed by atoms with van der Waals surface area (Å²) in [5.74, 6) is 0.000863. The molecule has 1 fully saturated rings. The van der Waals surface area contributed by atoms with Crippen LogP contribution in [0.15, 0.2) is 48.5 Å². The van der Waals surface area contributed by atoms with E-state index in [0.717, 1.165) is 50.0 Å². The summed E-state index contributed by atoms with van der Waals surface area (Å²) in [5.41, 5.74) is 1.18. The third kappa shape index (κ3) is 6.74. The second kappa shape index (κ2) is 12.1. The Kier molecular flexibility index (Phi) is 9.40. The summed E-state index contributed by atoms with van der Waals surface area (Å²) in [5, 5.41) is 7.23. The Balaban J connectivity index is 1.76. The Morgan fingerprint density at radius 3 is 2.35 bits per heavy atom. The highest BCUT2D eigenvalue weighted by Crippen LogP contribution is 2.34. The first-order chi connectivity index (χ1) is 16.2. The highest BCUT2D eigenvalue weighted by atomic mass is 35.5. The van der Waals surface area contributed by atoms with Crippen LogP contribution in [-0.2, 0) is 15.0 Å². The number of rotatable bonds is 9. The summed E-state index contributed by atoms with van der Waals surface area (Å²) in [7, 11) is 0. The van der Waals surface area contributed by atoms with Crippen LogP contribution < -0.4 is 10.6 Å². The van der Waals surface area contributed by atoms with E-state index in [9.17, 15) is 9.59 Å². The van der Waals surface area contributed by atoms with Gasteiger partial charge in [-0.3, -0.25) is 9.59 Å². The third-order valence-electron chi connectivity index (χ3n) is 6.90. The van der Waals surface area contributed by atoms with Gasteiger partial charge in [-0.25, -0.2) is 0 Å². The van der Waals surface area contributed by atoms with Gasteiger partial charge in [-0.1, -0.05) is 66.5 Å². The lowest BCUT2D eigenvalue weighted by Crippen LogP contribution is -2.48. The van der Waals surface area contributed by atoms with Gasteiger partial charge in [0, 0.05) is 26.1 Å². The van der Waals surface area contributed by atoms with Gasteiger partial charge < -0.3 is 15.5 Å². The molecule has 2 atom stereocenters. The first-order valence-corrected chi connectivity index (χ1v) is 12.8. The van der Waals surface area contributed by atoms with Gasteiger partial charge >= 0.3 is 0 Å². The predicted octanol–water partition coefficient (Wildman–Crippen LogP) is 5.51. The molecule has 7 heteroatoms. The molecule has 1 heterocycles. The second-order valence-electron chi connectivity index (χ2n) is 9.37. The van der Waals surface area contributed by atoms with Crippen molar-refractivity contribution in [3.63, 3.8) is 0 Å². The van der Waals surface area contributed by atoms with Crippen molar-refractivity contribution in [2.24, 2.45) is 0 Å². The quantitative estimate of drug-likeness (QED) is 0.474. The number of nitrogens with zero attached hydrogens (tertiary/aromatic N) is 1. The van der Waals surface area contributed by atoms with E-state index in [-0.39, 0.29) is 23.9 Å². The maximum atomic E-state index is 13.8. The zero-order valence-corrected chi connectivity index (χ0v) is 21.8. The Labute approximate surface area is 213 Å². The van der Waals surface area contributed by atoms with Crippen molar-refractivity contribution in [3.8, 4) is 0 Å². The maximum absolute atomic E-state index is 13.8. The average Bonchev–Trinajstić information content (AvgIpc) is 2.83. The number of benzene rings is 2. The number of carbonyl (C=O) groups is 2. The van der Waals surface area contributed by atoms with Gasteiger partial charge in [-0.2, -0.15) is 0 Å². The van der Waals surface area contributed by atoms with Gasteiger partial charge in [0.2, 0.25) is 11.8 Å². The van der Waals surface area contributed by atoms with Crippen LogP contribution in [0.5, 0.6) is 0 Å². The fourth-order valence-electron chi connectivity index (χ4n) is 4.62. The molecule has 0 saturated carbocycles. The van der Waals surface area contributed by atoms with E-state index in [1.807, 2.05) is 49.4 Å². The molecule has 0 bridgehead atoms. The molecule has 2 unspecified atom stereocenters. The van der Waals surface area contributed by atoms with Crippen molar-refractivity contribution < 1.29 is 9.59 Å². The smallest absolute Gasteiger partial charge is 0.230 e. The molecule has 184 valence electrons. The molecule has 0 aliphatic carbocycles. The molecular formula is C27H35Cl2N3O2. The van der Waals surface area contributed by atoms with Gasteiger partial charge in [0.05, 0.1) is 21.5 Å². The molecular weight excluding hydrogens is 469 g/mol. The molecule has 2 aromatic carbocycles. The van der Waals surface area contributed by atoms with E-state index < -0.39 is 5.41 Å².